The number of methoxy groups -OCH3 is 1. The lowest BCUT2D eigenvalue weighted by atomic mass is 10.0. The number of benzene rings is 2. The third kappa shape index (κ3) is 5.91. The van der Waals surface area contributed by atoms with Crippen LogP contribution in [0, 0.1) is 5.82 Å². The first kappa shape index (κ1) is 20.6. The van der Waals surface area contributed by atoms with Gasteiger partial charge >= 0.3 is 0 Å². The Morgan fingerprint density at radius 1 is 1.14 bits per heavy atom. The van der Waals surface area contributed by atoms with Crippen molar-refractivity contribution in [2.45, 2.75) is 25.3 Å². The van der Waals surface area contributed by atoms with Crippen LogP contribution in [-0.4, -0.2) is 43.0 Å². The minimum atomic E-state index is -0.307. The van der Waals surface area contributed by atoms with E-state index < -0.39 is 0 Å². The van der Waals surface area contributed by atoms with E-state index in [1.807, 2.05) is 29.2 Å². The van der Waals surface area contributed by atoms with Crippen LogP contribution in [0.25, 0.3) is 6.08 Å². The van der Waals surface area contributed by atoms with Gasteiger partial charge in [-0.2, -0.15) is 0 Å². The van der Waals surface area contributed by atoms with Gasteiger partial charge in [0.25, 0.3) is 0 Å². The molecule has 152 valence electrons. The molecule has 0 aromatic heterocycles. The third-order valence-corrected chi connectivity index (χ3v) is 5.03. The van der Waals surface area contributed by atoms with Crippen molar-refractivity contribution in [2.75, 3.05) is 20.2 Å². The standard InChI is InChI=1S/C23H25FN2O3/c1-29-21-5-3-2-4-18(21)16-23(28)26-14-12-20(13-15-26)25-22(27)11-8-17-6-9-19(24)10-7-17/h2-11,20H,12-16H2,1H3,(H,25,27). The van der Waals surface area contributed by atoms with Gasteiger partial charge in [-0.25, -0.2) is 4.39 Å². The van der Waals surface area contributed by atoms with Crippen LogP contribution >= 0.6 is 0 Å². The zero-order valence-corrected chi connectivity index (χ0v) is 16.4. The van der Waals surface area contributed by atoms with Gasteiger partial charge in [-0.05, 0) is 42.7 Å². The Hall–Kier alpha value is -3.15. The zero-order valence-electron chi connectivity index (χ0n) is 16.4. The highest BCUT2D eigenvalue weighted by Gasteiger charge is 2.24. The van der Waals surface area contributed by atoms with E-state index in [0.29, 0.717) is 32.4 Å². The van der Waals surface area contributed by atoms with Gasteiger partial charge in [0, 0.05) is 30.8 Å². The number of rotatable bonds is 6. The molecule has 0 bridgehead atoms. The number of carbonyl (C=O) groups is 2. The number of para-hydroxylation sites is 1. The summed E-state index contributed by atoms with van der Waals surface area (Å²) in [5.74, 6) is 0.290. The molecule has 5 nitrogen and oxygen atoms in total. The molecule has 1 heterocycles. The molecular weight excluding hydrogens is 371 g/mol. The molecule has 6 heteroatoms. The summed E-state index contributed by atoms with van der Waals surface area (Å²) >= 11 is 0. The van der Waals surface area contributed by atoms with Gasteiger partial charge in [0.2, 0.25) is 11.8 Å². The normalized spacial score (nSPS) is 14.8. The molecule has 0 saturated carbocycles. The molecule has 1 N–H and O–H groups in total. The number of amides is 2. The summed E-state index contributed by atoms with van der Waals surface area (Å²) in [6.45, 7) is 1.22. The van der Waals surface area contributed by atoms with Crippen LogP contribution in [0.3, 0.4) is 0 Å². The summed E-state index contributed by atoms with van der Waals surface area (Å²) in [7, 11) is 1.60. The van der Waals surface area contributed by atoms with Gasteiger partial charge in [-0.3, -0.25) is 9.59 Å². The lowest BCUT2D eigenvalue weighted by molar-refractivity contribution is -0.131. The van der Waals surface area contributed by atoms with Crippen molar-refractivity contribution >= 4 is 17.9 Å². The van der Waals surface area contributed by atoms with Gasteiger partial charge in [-0.15, -0.1) is 0 Å². The van der Waals surface area contributed by atoms with E-state index in [2.05, 4.69) is 5.32 Å². The second-order valence-corrected chi connectivity index (χ2v) is 7.04. The topological polar surface area (TPSA) is 58.6 Å². The Morgan fingerprint density at radius 2 is 1.83 bits per heavy atom. The van der Waals surface area contributed by atoms with Gasteiger partial charge in [0.05, 0.1) is 13.5 Å². The van der Waals surface area contributed by atoms with E-state index >= 15 is 0 Å². The Balaban J connectivity index is 1.45. The molecule has 2 amide bonds. The molecule has 0 unspecified atom stereocenters. The van der Waals surface area contributed by atoms with Crippen molar-refractivity contribution in [1.29, 1.82) is 0 Å². The average Bonchev–Trinajstić information content (AvgIpc) is 2.74. The highest BCUT2D eigenvalue weighted by atomic mass is 19.1. The molecule has 0 aliphatic carbocycles. The molecular formula is C23H25FN2O3. The van der Waals surface area contributed by atoms with E-state index in [1.54, 1.807) is 25.3 Å². The second-order valence-electron chi connectivity index (χ2n) is 7.04. The summed E-state index contributed by atoms with van der Waals surface area (Å²) in [6, 6.07) is 13.5. The van der Waals surface area contributed by atoms with Crippen LogP contribution in [0.1, 0.15) is 24.0 Å². The Morgan fingerprint density at radius 3 is 2.52 bits per heavy atom. The summed E-state index contributed by atoms with van der Waals surface area (Å²) < 4.78 is 18.2. The minimum Gasteiger partial charge on any atom is -0.496 e. The SMILES string of the molecule is COc1ccccc1CC(=O)N1CCC(NC(=O)C=Cc2ccc(F)cc2)CC1. The first-order valence-corrected chi connectivity index (χ1v) is 9.69. The van der Waals surface area contributed by atoms with E-state index in [9.17, 15) is 14.0 Å². The fraction of sp³-hybridized carbons (Fsp3) is 0.304. The number of piperidine rings is 1. The fourth-order valence-corrected chi connectivity index (χ4v) is 3.39. The average molecular weight is 396 g/mol. The van der Waals surface area contributed by atoms with Crippen LogP contribution < -0.4 is 10.1 Å². The first-order valence-electron chi connectivity index (χ1n) is 9.69. The summed E-state index contributed by atoms with van der Waals surface area (Å²) in [5.41, 5.74) is 1.64. The van der Waals surface area contributed by atoms with Gasteiger partial charge < -0.3 is 15.0 Å². The molecule has 29 heavy (non-hydrogen) atoms. The molecule has 1 fully saturated rings. The number of hydrogen-bond donors (Lipinski definition) is 1. The quantitative estimate of drug-likeness (QED) is 0.763. The molecule has 1 aliphatic rings. The number of ether oxygens (including phenoxy) is 1. The van der Waals surface area contributed by atoms with E-state index in [0.717, 1.165) is 16.9 Å². The number of nitrogens with zero attached hydrogens (tertiary/aromatic N) is 1. The van der Waals surface area contributed by atoms with E-state index in [-0.39, 0.29) is 23.7 Å². The van der Waals surface area contributed by atoms with Crippen LogP contribution in [-0.2, 0) is 16.0 Å². The highest BCUT2D eigenvalue weighted by molar-refractivity contribution is 5.91. The van der Waals surface area contributed by atoms with Crippen LogP contribution in [0.5, 0.6) is 5.75 Å². The van der Waals surface area contributed by atoms with Crippen LogP contribution in [0.2, 0.25) is 0 Å². The Kier molecular flexibility index (Phi) is 7.00. The number of likely N-dealkylation sites (tertiary alicyclic amines) is 1. The molecule has 1 saturated heterocycles. The predicted molar refractivity (Wildman–Crippen MR) is 110 cm³/mol. The monoisotopic (exact) mass is 396 g/mol. The van der Waals surface area contributed by atoms with Crippen molar-refractivity contribution in [2.24, 2.45) is 0 Å². The number of nitrogens with one attached hydrogen (secondary N) is 1. The number of hydrogen-bond acceptors (Lipinski definition) is 3. The van der Waals surface area contributed by atoms with Crippen molar-refractivity contribution in [3.05, 3.63) is 71.6 Å². The van der Waals surface area contributed by atoms with E-state index in [1.165, 1.54) is 18.2 Å². The molecule has 0 radical (unpaired) electrons. The Bertz CT molecular complexity index is 872. The largest absolute Gasteiger partial charge is 0.496 e. The number of carbonyl (C=O) groups excluding carboxylic acids is 2. The molecule has 0 spiro atoms. The highest BCUT2D eigenvalue weighted by Crippen LogP contribution is 2.20. The molecule has 3 rings (SSSR count). The van der Waals surface area contributed by atoms with Crippen molar-refractivity contribution in [3.8, 4) is 5.75 Å². The molecule has 2 aromatic carbocycles. The lowest BCUT2D eigenvalue weighted by Gasteiger charge is -2.32. The molecule has 0 atom stereocenters. The first-order chi connectivity index (χ1) is 14.0. The van der Waals surface area contributed by atoms with Crippen LogP contribution in [0.4, 0.5) is 4.39 Å². The lowest BCUT2D eigenvalue weighted by Crippen LogP contribution is -2.46. The summed E-state index contributed by atoms with van der Waals surface area (Å²) in [4.78, 5) is 26.5. The Labute approximate surface area is 170 Å². The maximum atomic E-state index is 12.9. The van der Waals surface area contributed by atoms with Gasteiger partial charge in [-0.1, -0.05) is 30.3 Å². The zero-order chi connectivity index (χ0) is 20.6. The number of halogens is 1. The smallest absolute Gasteiger partial charge is 0.244 e. The summed E-state index contributed by atoms with van der Waals surface area (Å²) in [6.07, 6.45) is 4.84. The van der Waals surface area contributed by atoms with Gasteiger partial charge in [0.1, 0.15) is 11.6 Å². The van der Waals surface area contributed by atoms with Crippen molar-refractivity contribution in [3.63, 3.8) is 0 Å². The van der Waals surface area contributed by atoms with Gasteiger partial charge in [0.15, 0.2) is 0 Å². The third-order valence-electron chi connectivity index (χ3n) is 5.03. The second kappa shape index (κ2) is 9.87. The molecule has 1 aliphatic heterocycles. The fourth-order valence-electron chi connectivity index (χ4n) is 3.39. The van der Waals surface area contributed by atoms with E-state index in [4.69, 9.17) is 4.74 Å². The van der Waals surface area contributed by atoms with Crippen molar-refractivity contribution < 1.29 is 18.7 Å². The maximum Gasteiger partial charge on any atom is 0.244 e. The summed E-state index contributed by atoms with van der Waals surface area (Å²) in [5, 5.41) is 2.97. The minimum absolute atomic E-state index is 0.0377. The van der Waals surface area contributed by atoms with Crippen molar-refractivity contribution in [1.82, 2.24) is 10.2 Å². The van der Waals surface area contributed by atoms with Crippen LogP contribution in [0.15, 0.2) is 54.6 Å². The predicted octanol–water partition coefficient (Wildman–Crippen LogP) is 3.20. The maximum absolute atomic E-state index is 12.9. The molecule has 2 aromatic rings.